The lowest BCUT2D eigenvalue weighted by Crippen LogP contribution is -2.22. The summed E-state index contributed by atoms with van der Waals surface area (Å²) in [4.78, 5) is 27.3. The Balaban J connectivity index is 2.68. The minimum atomic E-state index is -0.424. The minimum absolute atomic E-state index is 0.212. The van der Waals surface area contributed by atoms with Gasteiger partial charge < -0.3 is 9.47 Å². The first-order chi connectivity index (χ1) is 8.99. The molecule has 0 saturated carbocycles. The maximum atomic E-state index is 11.7. The molecule has 0 amide bonds. The molecule has 19 heavy (non-hydrogen) atoms. The zero-order valence-electron chi connectivity index (χ0n) is 11.8. The largest absolute Gasteiger partial charge is 0.468 e. The lowest BCUT2D eigenvalue weighted by Gasteiger charge is -2.16. The normalized spacial score (nSPS) is 22.3. The average molecular weight is 287 g/mol. The Labute approximate surface area is 118 Å². The summed E-state index contributed by atoms with van der Waals surface area (Å²) in [6.07, 6.45) is 0.667. The van der Waals surface area contributed by atoms with Crippen LogP contribution in [0, 0.1) is 11.8 Å². The average Bonchev–Trinajstić information content (AvgIpc) is 2.80. The summed E-state index contributed by atoms with van der Waals surface area (Å²) in [5.74, 6) is 0.262. The van der Waals surface area contributed by atoms with Crippen molar-refractivity contribution in [1.82, 2.24) is 0 Å². The summed E-state index contributed by atoms with van der Waals surface area (Å²) in [5, 5.41) is 0.860. The molecule has 0 fully saturated rings. The molecular formula is C13H21NO4S. The van der Waals surface area contributed by atoms with Crippen molar-refractivity contribution in [3.63, 3.8) is 0 Å². The molecule has 108 valence electrons. The standard InChI is InChI=1S/C13H21NO4S/c1-5-18-13(16)10-6-9(8(2)3)12(14-10)19-7-11(15)17-4/h8-10H,5-7H2,1-4H3/t9-,10-/m0/s1. The van der Waals surface area contributed by atoms with Crippen LogP contribution < -0.4 is 0 Å². The first-order valence-corrected chi connectivity index (χ1v) is 7.42. The van der Waals surface area contributed by atoms with Crippen molar-refractivity contribution < 1.29 is 19.1 Å². The van der Waals surface area contributed by atoms with E-state index in [9.17, 15) is 9.59 Å². The summed E-state index contributed by atoms with van der Waals surface area (Å²) in [6.45, 7) is 6.32. The van der Waals surface area contributed by atoms with Crippen LogP contribution in [0.5, 0.6) is 0 Å². The number of esters is 2. The van der Waals surface area contributed by atoms with Crippen molar-refractivity contribution in [1.29, 1.82) is 0 Å². The summed E-state index contributed by atoms with van der Waals surface area (Å²) in [5.41, 5.74) is 0. The number of hydrogen-bond acceptors (Lipinski definition) is 6. The van der Waals surface area contributed by atoms with E-state index in [2.05, 4.69) is 23.6 Å². The van der Waals surface area contributed by atoms with Crippen LogP contribution in [-0.4, -0.2) is 42.5 Å². The van der Waals surface area contributed by atoms with Gasteiger partial charge in [0.25, 0.3) is 0 Å². The van der Waals surface area contributed by atoms with E-state index >= 15 is 0 Å². The van der Waals surface area contributed by atoms with Gasteiger partial charge in [-0.15, -0.1) is 0 Å². The summed E-state index contributed by atoms with van der Waals surface area (Å²) >= 11 is 1.36. The number of rotatable bonds is 5. The van der Waals surface area contributed by atoms with Gasteiger partial charge in [-0.3, -0.25) is 9.79 Å². The van der Waals surface area contributed by atoms with Crippen molar-refractivity contribution in [2.75, 3.05) is 19.5 Å². The Hall–Kier alpha value is -1.04. The first kappa shape index (κ1) is 16.0. The molecule has 1 rings (SSSR count). The topological polar surface area (TPSA) is 65.0 Å². The Bertz CT molecular complexity index is 368. The maximum absolute atomic E-state index is 11.7. The third-order valence-electron chi connectivity index (χ3n) is 3.01. The lowest BCUT2D eigenvalue weighted by atomic mass is 9.93. The number of carbonyl (C=O) groups is 2. The van der Waals surface area contributed by atoms with E-state index in [0.717, 1.165) is 5.04 Å². The molecule has 0 aliphatic carbocycles. The molecular weight excluding hydrogens is 266 g/mol. The molecule has 0 saturated heterocycles. The molecule has 1 aliphatic heterocycles. The Morgan fingerprint density at radius 2 is 2.16 bits per heavy atom. The third kappa shape index (κ3) is 4.53. The summed E-state index contributed by atoms with van der Waals surface area (Å²) < 4.78 is 9.61. The van der Waals surface area contributed by atoms with Crippen LogP contribution in [-0.2, 0) is 19.1 Å². The number of ether oxygens (including phenoxy) is 2. The smallest absolute Gasteiger partial charge is 0.330 e. The van der Waals surface area contributed by atoms with Crippen LogP contribution in [0.2, 0.25) is 0 Å². The van der Waals surface area contributed by atoms with Crippen molar-refractivity contribution in [3.05, 3.63) is 0 Å². The molecule has 1 aliphatic rings. The van der Waals surface area contributed by atoms with E-state index in [1.54, 1.807) is 6.92 Å². The highest BCUT2D eigenvalue weighted by Gasteiger charge is 2.35. The molecule has 2 atom stereocenters. The van der Waals surface area contributed by atoms with Gasteiger partial charge in [-0.2, -0.15) is 0 Å². The van der Waals surface area contributed by atoms with Gasteiger partial charge in [0.05, 0.1) is 24.5 Å². The molecule has 0 radical (unpaired) electrons. The van der Waals surface area contributed by atoms with Crippen molar-refractivity contribution in [3.8, 4) is 0 Å². The van der Waals surface area contributed by atoms with Gasteiger partial charge in [0.15, 0.2) is 0 Å². The van der Waals surface area contributed by atoms with Crippen LogP contribution >= 0.6 is 11.8 Å². The van der Waals surface area contributed by atoms with Crippen molar-refractivity contribution in [2.45, 2.75) is 33.2 Å². The highest BCUT2D eigenvalue weighted by molar-refractivity contribution is 8.14. The molecule has 0 aromatic carbocycles. The molecule has 0 N–H and O–H groups in total. The number of carbonyl (C=O) groups excluding carboxylic acids is 2. The van der Waals surface area contributed by atoms with E-state index in [4.69, 9.17) is 4.74 Å². The van der Waals surface area contributed by atoms with Crippen LogP contribution in [0.3, 0.4) is 0 Å². The number of aliphatic imine (C=N–C) groups is 1. The Kier molecular flexibility index (Phi) is 6.34. The molecule has 1 heterocycles. The summed E-state index contributed by atoms with van der Waals surface area (Å²) in [6, 6.07) is -0.424. The number of hydrogen-bond donors (Lipinski definition) is 0. The molecule has 0 unspecified atom stereocenters. The van der Waals surface area contributed by atoms with Crippen molar-refractivity contribution >= 4 is 28.7 Å². The van der Waals surface area contributed by atoms with Crippen LogP contribution in [0.4, 0.5) is 0 Å². The zero-order chi connectivity index (χ0) is 14.4. The maximum Gasteiger partial charge on any atom is 0.330 e. The van der Waals surface area contributed by atoms with E-state index in [0.29, 0.717) is 18.9 Å². The molecule has 0 aromatic rings. The van der Waals surface area contributed by atoms with Crippen LogP contribution in [0.1, 0.15) is 27.2 Å². The third-order valence-corrected chi connectivity index (χ3v) is 4.09. The Morgan fingerprint density at radius 1 is 1.47 bits per heavy atom. The first-order valence-electron chi connectivity index (χ1n) is 6.43. The SMILES string of the molecule is CCOC(=O)[C@@H]1C[C@@H](C(C)C)C(SCC(=O)OC)=N1. The van der Waals surface area contributed by atoms with Gasteiger partial charge in [-0.1, -0.05) is 25.6 Å². The predicted octanol–water partition coefficient (Wildman–Crippen LogP) is 1.90. The quantitative estimate of drug-likeness (QED) is 0.723. The fourth-order valence-corrected chi connectivity index (χ4v) is 3.09. The number of nitrogens with zero attached hydrogens (tertiary/aromatic N) is 1. The van der Waals surface area contributed by atoms with Gasteiger partial charge in [0.2, 0.25) is 0 Å². The van der Waals surface area contributed by atoms with Gasteiger partial charge in [-0.05, 0) is 19.3 Å². The molecule has 0 spiro atoms. The van der Waals surface area contributed by atoms with Crippen molar-refractivity contribution in [2.24, 2.45) is 16.8 Å². The monoisotopic (exact) mass is 287 g/mol. The van der Waals surface area contributed by atoms with Gasteiger partial charge in [-0.25, -0.2) is 4.79 Å². The second-order valence-electron chi connectivity index (χ2n) is 4.69. The fourth-order valence-electron chi connectivity index (χ4n) is 1.92. The Morgan fingerprint density at radius 3 is 2.68 bits per heavy atom. The molecule has 0 bridgehead atoms. The highest BCUT2D eigenvalue weighted by atomic mass is 32.2. The minimum Gasteiger partial charge on any atom is -0.468 e. The summed E-state index contributed by atoms with van der Waals surface area (Å²) in [7, 11) is 1.36. The van der Waals surface area contributed by atoms with Crippen LogP contribution in [0.15, 0.2) is 4.99 Å². The number of thioether (sulfide) groups is 1. The van der Waals surface area contributed by atoms with E-state index in [1.165, 1.54) is 18.9 Å². The second-order valence-corrected chi connectivity index (χ2v) is 5.68. The number of methoxy groups -OCH3 is 1. The lowest BCUT2D eigenvalue weighted by molar-refractivity contribution is -0.144. The predicted molar refractivity (Wildman–Crippen MR) is 75.3 cm³/mol. The molecule has 6 heteroatoms. The van der Waals surface area contributed by atoms with E-state index < -0.39 is 6.04 Å². The van der Waals surface area contributed by atoms with Crippen LogP contribution in [0.25, 0.3) is 0 Å². The van der Waals surface area contributed by atoms with Gasteiger partial charge in [0.1, 0.15) is 6.04 Å². The molecule has 5 nitrogen and oxygen atoms in total. The highest BCUT2D eigenvalue weighted by Crippen LogP contribution is 2.32. The molecule has 0 aromatic heterocycles. The van der Waals surface area contributed by atoms with E-state index in [1.807, 2.05) is 0 Å². The van der Waals surface area contributed by atoms with E-state index in [-0.39, 0.29) is 23.6 Å². The fraction of sp³-hybridized carbons (Fsp3) is 0.769. The second kappa shape index (κ2) is 7.53. The van der Waals surface area contributed by atoms with Gasteiger partial charge >= 0.3 is 11.9 Å². The zero-order valence-corrected chi connectivity index (χ0v) is 12.7. The van der Waals surface area contributed by atoms with Gasteiger partial charge in [0, 0.05) is 5.92 Å².